The van der Waals surface area contributed by atoms with E-state index in [1.54, 1.807) is 18.9 Å². The van der Waals surface area contributed by atoms with Gasteiger partial charge in [0.05, 0.1) is 0 Å². The van der Waals surface area contributed by atoms with Crippen LogP contribution >= 0.6 is 23.5 Å². The van der Waals surface area contributed by atoms with Gasteiger partial charge in [-0.25, -0.2) is 0 Å². The third kappa shape index (κ3) is 16.7. The number of hydrogen-bond donors (Lipinski definition) is 0. The van der Waals surface area contributed by atoms with E-state index in [2.05, 4.69) is 84.8 Å². The van der Waals surface area contributed by atoms with Gasteiger partial charge in [-0.2, -0.15) is 11.8 Å². The van der Waals surface area contributed by atoms with Crippen molar-refractivity contribution in [1.82, 2.24) is 0 Å². The summed E-state index contributed by atoms with van der Waals surface area (Å²) in [6, 6.07) is 27.0. The Morgan fingerprint density at radius 1 is 0.679 bits per heavy atom. The molecular formula is C25H38OS2. The zero-order valence-corrected chi connectivity index (χ0v) is 20.3. The summed E-state index contributed by atoms with van der Waals surface area (Å²) in [7, 11) is 1.68. The molecule has 0 aromatic heterocycles. The second kappa shape index (κ2) is 23.6. The van der Waals surface area contributed by atoms with Crippen LogP contribution in [0.2, 0.25) is 0 Å². The lowest BCUT2D eigenvalue weighted by molar-refractivity contribution is 0.215. The fourth-order valence-electron chi connectivity index (χ4n) is 1.69. The smallest absolute Gasteiger partial charge is 0.0433 e. The van der Waals surface area contributed by atoms with Crippen molar-refractivity contribution in [3.63, 3.8) is 0 Å². The van der Waals surface area contributed by atoms with Crippen LogP contribution in [-0.2, 0) is 4.74 Å². The Hall–Kier alpha value is -1.42. The van der Waals surface area contributed by atoms with Crippen molar-refractivity contribution in [2.45, 2.75) is 32.6 Å². The average Bonchev–Trinajstić information content (AvgIpc) is 2.81. The number of thioether (sulfide) groups is 2. The van der Waals surface area contributed by atoms with Crippen molar-refractivity contribution in [3.05, 3.63) is 78.9 Å². The molecule has 0 N–H and O–H groups in total. The molecule has 0 saturated carbocycles. The normalized spacial score (nSPS) is 8.54. The maximum Gasteiger partial charge on any atom is 0.0433 e. The number of ether oxygens (including phenoxy) is 1. The van der Waals surface area contributed by atoms with Crippen LogP contribution < -0.4 is 0 Å². The summed E-state index contributed by atoms with van der Waals surface area (Å²) >= 11 is 3.63. The van der Waals surface area contributed by atoms with Gasteiger partial charge in [0, 0.05) is 18.6 Å². The van der Waals surface area contributed by atoms with Gasteiger partial charge in [0.2, 0.25) is 0 Å². The Labute approximate surface area is 182 Å². The molecule has 0 aliphatic rings. The highest BCUT2D eigenvalue weighted by Gasteiger charge is 1.85. The molecule has 0 heterocycles. The Kier molecular flexibility index (Phi) is 24.3. The van der Waals surface area contributed by atoms with E-state index in [0.29, 0.717) is 0 Å². The molecule has 3 aromatic rings. The molecule has 3 rings (SSSR count). The lowest BCUT2D eigenvalue weighted by Gasteiger charge is -1.92. The number of methoxy groups -OCH3 is 1. The summed E-state index contributed by atoms with van der Waals surface area (Å²) in [5, 5.41) is 2.62. The van der Waals surface area contributed by atoms with Crippen molar-refractivity contribution in [2.24, 2.45) is 0 Å². The van der Waals surface area contributed by atoms with Gasteiger partial charge in [-0.1, -0.05) is 87.5 Å². The first-order valence-electron chi connectivity index (χ1n) is 9.74. The summed E-state index contributed by atoms with van der Waals surface area (Å²) < 4.78 is 4.54. The summed E-state index contributed by atoms with van der Waals surface area (Å²) in [4.78, 5) is 1.33. The molecule has 1 nitrogen and oxygen atoms in total. The van der Waals surface area contributed by atoms with Gasteiger partial charge in [-0.3, -0.25) is 0 Å². The number of hydrogen-bond acceptors (Lipinski definition) is 3. The monoisotopic (exact) mass is 418 g/mol. The standard InChI is InChI=1S/C10H8.C7H8S.C3H8O.C3H8S.C2H6/c1-2-6-10-8-4-3-7-9(10)5-1;1-8-7-5-3-2-4-6-7;2*1-3-4-2;1-2/h1-8H;2-6H,1H3;2*3H2,1-2H3;1-2H3. The van der Waals surface area contributed by atoms with Crippen molar-refractivity contribution in [1.29, 1.82) is 0 Å². The lowest BCUT2D eigenvalue weighted by Crippen LogP contribution is -1.73. The highest BCUT2D eigenvalue weighted by atomic mass is 32.2. The predicted octanol–water partition coefficient (Wildman–Crippen LogP) is 8.30. The quantitative estimate of drug-likeness (QED) is 0.396. The molecule has 0 aliphatic carbocycles. The zero-order valence-electron chi connectivity index (χ0n) is 18.6. The highest BCUT2D eigenvalue weighted by Crippen LogP contribution is 2.12. The van der Waals surface area contributed by atoms with Gasteiger partial charge in [0.15, 0.2) is 0 Å². The van der Waals surface area contributed by atoms with E-state index in [1.807, 2.05) is 50.7 Å². The molecule has 0 atom stereocenters. The molecule has 0 aliphatic heterocycles. The zero-order chi connectivity index (χ0) is 21.5. The van der Waals surface area contributed by atoms with E-state index in [1.165, 1.54) is 21.4 Å². The van der Waals surface area contributed by atoms with E-state index in [0.717, 1.165) is 6.61 Å². The van der Waals surface area contributed by atoms with E-state index < -0.39 is 0 Å². The number of rotatable bonds is 3. The first kappa shape index (κ1) is 28.8. The fraction of sp³-hybridized carbons (Fsp3) is 0.360. The topological polar surface area (TPSA) is 9.23 Å². The van der Waals surface area contributed by atoms with Gasteiger partial charge < -0.3 is 4.74 Å². The summed E-state index contributed by atoms with van der Waals surface area (Å²) in [5.41, 5.74) is 0. The Morgan fingerprint density at radius 3 is 1.21 bits per heavy atom. The van der Waals surface area contributed by atoms with Crippen LogP contribution in [0.4, 0.5) is 0 Å². The minimum atomic E-state index is 0.819. The highest BCUT2D eigenvalue weighted by molar-refractivity contribution is 7.98. The SMILES string of the molecule is CC.CCOC.CCSC.CSc1ccccc1.c1ccc2ccccc2c1. The average molecular weight is 419 g/mol. The van der Waals surface area contributed by atoms with Crippen molar-refractivity contribution in [2.75, 3.05) is 32.0 Å². The van der Waals surface area contributed by atoms with Crippen LogP contribution in [0.5, 0.6) is 0 Å². The maximum absolute atomic E-state index is 4.54. The molecule has 0 spiro atoms. The van der Waals surface area contributed by atoms with Gasteiger partial charge >= 0.3 is 0 Å². The minimum absolute atomic E-state index is 0.819. The summed E-state index contributed by atoms with van der Waals surface area (Å²) in [6.07, 6.45) is 4.18. The number of fused-ring (bicyclic) bond motifs is 1. The van der Waals surface area contributed by atoms with E-state index in [-0.39, 0.29) is 0 Å². The van der Waals surface area contributed by atoms with Crippen LogP contribution in [0, 0.1) is 0 Å². The molecule has 28 heavy (non-hydrogen) atoms. The summed E-state index contributed by atoms with van der Waals surface area (Å²) in [5.74, 6) is 1.24. The van der Waals surface area contributed by atoms with Gasteiger partial charge in [0.25, 0.3) is 0 Å². The molecule has 0 fully saturated rings. The second-order valence-corrected chi connectivity index (χ2v) is 7.05. The van der Waals surface area contributed by atoms with Crippen LogP contribution in [0.15, 0.2) is 83.8 Å². The third-order valence-electron chi connectivity index (χ3n) is 3.21. The molecule has 0 saturated heterocycles. The van der Waals surface area contributed by atoms with Gasteiger partial charge in [0.1, 0.15) is 0 Å². The number of benzene rings is 3. The van der Waals surface area contributed by atoms with E-state index >= 15 is 0 Å². The fourth-order valence-corrected chi connectivity index (χ4v) is 2.12. The van der Waals surface area contributed by atoms with Crippen molar-refractivity contribution < 1.29 is 4.74 Å². The Balaban J connectivity index is 0. The first-order valence-corrected chi connectivity index (χ1v) is 12.4. The Morgan fingerprint density at radius 2 is 1.00 bits per heavy atom. The first-order chi connectivity index (χ1) is 13.7. The molecule has 3 heteroatoms. The van der Waals surface area contributed by atoms with Crippen LogP contribution in [0.3, 0.4) is 0 Å². The van der Waals surface area contributed by atoms with Crippen LogP contribution in [-0.4, -0.2) is 32.0 Å². The van der Waals surface area contributed by atoms with Crippen LogP contribution in [0.1, 0.15) is 27.7 Å². The molecule has 0 amide bonds. The largest absolute Gasteiger partial charge is 0.385 e. The van der Waals surface area contributed by atoms with Gasteiger partial charge in [-0.15, -0.1) is 11.8 Å². The summed E-state index contributed by atoms with van der Waals surface area (Å²) in [6.45, 7) is 8.92. The molecule has 156 valence electrons. The van der Waals surface area contributed by atoms with Gasteiger partial charge in [-0.05, 0) is 48.1 Å². The third-order valence-corrected chi connectivity index (χ3v) is 4.54. The lowest BCUT2D eigenvalue weighted by atomic mass is 10.1. The van der Waals surface area contributed by atoms with E-state index in [9.17, 15) is 0 Å². The van der Waals surface area contributed by atoms with E-state index in [4.69, 9.17) is 0 Å². The molecule has 3 aromatic carbocycles. The minimum Gasteiger partial charge on any atom is -0.385 e. The molecule has 0 unspecified atom stereocenters. The molecule has 0 radical (unpaired) electrons. The van der Waals surface area contributed by atoms with Crippen molar-refractivity contribution in [3.8, 4) is 0 Å². The second-order valence-electron chi connectivity index (χ2n) is 5.02. The predicted molar refractivity (Wildman–Crippen MR) is 135 cm³/mol. The molecular weight excluding hydrogens is 380 g/mol. The maximum atomic E-state index is 4.54. The molecule has 0 bridgehead atoms. The Bertz CT molecular complexity index is 583. The van der Waals surface area contributed by atoms with Crippen molar-refractivity contribution >= 4 is 34.3 Å². The van der Waals surface area contributed by atoms with Crippen LogP contribution in [0.25, 0.3) is 10.8 Å².